The van der Waals surface area contributed by atoms with E-state index in [4.69, 9.17) is 5.11 Å². The molecule has 7 heteroatoms. The van der Waals surface area contributed by atoms with Gasteiger partial charge in [-0.25, -0.2) is 12.7 Å². The van der Waals surface area contributed by atoms with Crippen molar-refractivity contribution in [3.63, 3.8) is 0 Å². The summed E-state index contributed by atoms with van der Waals surface area (Å²) in [5.74, 6) is -1.88. The second-order valence-corrected chi connectivity index (χ2v) is 7.48. The minimum Gasteiger partial charge on any atom is -0.481 e. The number of rotatable bonds is 2. The molecule has 1 aliphatic carbocycles. The number of sulfonamides is 1. The van der Waals surface area contributed by atoms with Crippen LogP contribution < -0.4 is 0 Å². The molecule has 1 amide bonds. The largest absolute Gasteiger partial charge is 0.481 e. The van der Waals surface area contributed by atoms with Crippen LogP contribution in [0.2, 0.25) is 0 Å². The van der Waals surface area contributed by atoms with Gasteiger partial charge in [-0.15, -0.1) is 0 Å². The van der Waals surface area contributed by atoms with Gasteiger partial charge in [0, 0.05) is 6.04 Å². The van der Waals surface area contributed by atoms with E-state index in [2.05, 4.69) is 0 Å². The first kappa shape index (κ1) is 12.3. The second-order valence-electron chi connectivity index (χ2n) is 5.12. The van der Waals surface area contributed by atoms with Crippen LogP contribution in [-0.4, -0.2) is 40.5 Å². The summed E-state index contributed by atoms with van der Waals surface area (Å²) in [6, 6.07) is -0.471. The summed E-state index contributed by atoms with van der Waals surface area (Å²) in [4.78, 5) is 22.6. The van der Waals surface area contributed by atoms with E-state index in [0.29, 0.717) is 12.8 Å². The lowest BCUT2D eigenvalue weighted by Gasteiger charge is -2.46. The Labute approximate surface area is 99.6 Å². The van der Waals surface area contributed by atoms with E-state index in [1.54, 1.807) is 0 Å². The number of hydrogen-bond acceptors (Lipinski definition) is 4. The highest BCUT2D eigenvalue weighted by Gasteiger charge is 2.62. The molecule has 1 aliphatic heterocycles. The number of carboxylic acids is 1. The van der Waals surface area contributed by atoms with Gasteiger partial charge in [-0.05, 0) is 33.1 Å². The number of amides is 1. The first-order chi connectivity index (χ1) is 7.69. The van der Waals surface area contributed by atoms with Crippen molar-refractivity contribution < 1.29 is 23.1 Å². The SMILES string of the molecule is CC1(C)C(=O)N(C2CCC(C(=O)O)C2)S1(=O)=O. The van der Waals surface area contributed by atoms with Crippen molar-refractivity contribution in [3.8, 4) is 0 Å². The average molecular weight is 261 g/mol. The first-order valence-electron chi connectivity index (χ1n) is 5.51. The normalized spacial score (nSPS) is 34.5. The molecule has 6 nitrogen and oxygen atoms in total. The molecule has 0 bridgehead atoms. The van der Waals surface area contributed by atoms with E-state index in [1.165, 1.54) is 13.8 Å². The van der Waals surface area contributed by atoms with E-state index in [0.717, 1.165) is 4.31 Å². The average Bonchev–Trinajstić information content (AvgIpc) is 2.66. The van der Waals surface area contributed by atoms with Crippen LogP contribution in [-0.2, 0) is 19.6 Å². The van der Waals surface area contributed by atoms with E-state index in [9.17, 15) is 18.0 Å². The molecule has 1 saturated carbocycles. The van der Waals surface area contributed by atoms with Gasteiger partial charge in [-0.1, -0.05) is 0 Å². The molecule has 2 aliphatic rings. The van der Waals surface area contributed by atoms with Gasteiger partial charge in [0.1, 0.15) is 0 Å². The van der Waals surface area contributed by atoms with Gasteiger partial charge < -0.3 is 5.11 Å². The van der Waals surface area contributed by atoms with Gasteiger partial charge in [0.25, 0.3) is 15.9 Å². The molecule has 2 rings (SSSR count). The zero-order valence-electron chi connectivity index (χ0n) is 9.71. The van der Waals surface area contributed by atoms with Gasteiger partial charge in [-0.2, -0.15) is 0 Å². The number of aliphatic carboxylic acids is 1. The summed E-state index contributed by atoms with van der Waals surface area (Å²) < 4.78 is 23.3. The Balaban J connectivity index is 2.18. The van der Waals surface area contributed by atoms with Gasteiger partial charge in [0.05, 0.1) is 5.92 Å². The molecule has 1 saturated heterocycles. The Bertz CT molecular complexity index is 481. The number of carbonyl (C=O) groups excluding carboxylic acids is 1. The van der Waals surface area contributed by atoms with Crippen LogP contribution in [0, 0.1) is 5.92 Å². The molecule has 17 heavy (non-hydrogen) atoms. The number of hydrogen-bond donors (Lipinski definition) is 1. The van der Waals surface area contributed by atoms with E-state index in [-0.39, 0.29) is 6.42 Å². The third-order valence-corrected chi connectivity index (χ3v) is 6.15. The molecule has 96 valence electrons. The van der Waals surface area contributed by atoms with Crippen LogP contribution in [0.5, 0.6) is 0 Å². The summed E-state index contributed by atoms with van der Waals surface area (Å²) in [7, 11) is -3.59. The van der Waals surface area contributed by atoms with Gasteiger partial charge >= 0.3 is 5.97 Å². The fraction of sp³-hybridized carbons (Fsp3) is 0.800. The summed E-state index contributed by atoms with van der Waals surface area (Å²) in [6.45, 7) is 2.76. The highest BCUT2D eigenvalue weighted by Crippen LogP contribution is 2.42. The quantitative estimate of drug-likeness (QED) is 0.766. The number of carboxylic acid groups (broad SMARTS) is 1. The monoisotopic (exact) mass is 261 g/mol. The highest BCUT2D eigenvalue weighted by atomic mass is 32.2. The van der Waals surface area contributed by atoms with Crippen LogP contribution in [0.3, 0.4) is 0 Å². The summed E-state index contributed by atoms with van der Waals surface area (Å²) in [5.41, 5.74) is 0. The van der Waals surface area contributed by atoms with Gasteiger partial charge in [-0.3, -0.25) is 9.59 Å². The van der Waals surface area contributed by atoms with Crippen molar-refractivity contribution in [1.29, 1.82) is 0 Å². The maximum atomic E-state index is 11.9. The predicted molar refractivity (Wildman–Crippen MR) is 58.6 cm³/mol. The van der Waals surface area contributed by atoms with Crippen LogP contribution >= 0.6 is 0 Å². The third kappa shape index (κ3) is 1.48. The first-order valence-corrected chi connectivity index (χ1v) is 6.95. The van der Waals surface area contributed by atoms with Crippen molar-refractivity contribution in [2.75, 3.05) is 0 Å². The Morgan fingerprint density at radius 3 is 2.41 bits per heavy atom. The number of carbonyl (C=O) groups is 2. The number of nitrogens with zero attached hydrogens (tertiary/aromatic N) is 1. The van der Waals surface area contributed by atoms with Crippen molar-refractivity contribution >= 4 is 21.9 Å². The zero-order valence-corrected chi connectivity index (χ0v) is 10.5. The zero-order chi connectivity index (χ0) is 13.0. The fourth-order valence-electron chi connectivity index (χ4n) is 2.45. The molecule has 0 aromatic heterocycles. The van der Waals surface area contributed by atoms with E-state index in [1.807, 2.05) is 0 Å². The molecule has 1 N–H and O–H groups in total. The van der Waals surface area contributed by atoms with Gasteiger partial charge in [0.2, 0.25) is 0 Å². The van der Waals surface area contributed by atoms with Crippen LogP contribution in [0.25, 0.3) is 0 Å². The minimum absolute atomic E-state index is 0.233. The summed E-state index contributed by atoms with van der Waals surface area (Å²) in [6.07, 6.45) is 1.11. The second kappa shape index (κ2) is 3.44. The fourth-order valence-corrected chi connectivity index (χ4v) is 4.16. The van der Waals surface area contributed by atoms with Gasteiger partial charge in [0.15, 0.2) is 4.75 Å². The van der Waals surface area contributed by atoms with E-state index >= 15 is 0 Å². The molecule has 2 atom stereocenters. The summed E-state index contributed by atoms with van der Waals surface area (Å²) >= 11 is 0. The maximum Gasteiger partial charge on any atom is 0.306 e. The molecule has 0 spiro atoms. The molecule has 0 aromatic carbocycles. The Morgan fingerprint density at radius 2 is 2.00 bits per heavy atom. The highest BCUT2D eigenvalue weighted by molar-refractivity contribution is 7.94. The van der Waals surface area contributed by atoms with Crippen molar-refractivity contribution in [2.24, 2.45) is 5.92 Å². The Morgan fingerprint density at radius 1 is 1.41 bits per heavy atom. The minimum atomic E-state index is -3.59. The topological polar surface area (TPSA) is 91.8 Å². The Hall–Kier alpha value is -1.11. The summed E-state index contributed by atoms with van der Waals surface area (Å²) in [5, 5.41) is 8.85. The standard InChI is InChI=1S/C10H15NO5S/c1-10(2)9(14)11(17(10,15)16)7-4-3-6(5-7)8(12)13/h6-7H,3-5H2,1-2H3,(H,12,13). The van der Waals surface area contributed by atoms with Crippen molar-refractivity contribution in [1.82, 2.24) is 4.31 Å². The molecule has 1 heterocycles. The smallest absolute Gasteiger partial charge is 0.306 e. The maximum absolute atomic E-state index is 11.9. The molecule has 0 radical (unpaired) electrons. The molecule has 2 unspecified atom stereocenters. The lowest BCUT2D eigenvalue weighted by molar-refractivity contribution is -0.142. The van der Waals surface area contributed by atoms with Crippen LogP contribution in [0.15, 0.2) is 0 Å². The van der Waals surface area contributed by atoms with Crippen LogP contribution in [0.4, 0.5) is 0 Å². The van der Waals surface area contributed by atoms with Crippen LogP contribution in [0.1, 0.15) is 33.1 Å². The van der Waals surface area contributed by atoms with Crippen molar-refractivity contribution in [3.05, 3.63) is 0 Å². The molecule has 2 fully saturated rings. The molecular weight excluding hydrogens is 246 g/mol. The lowest BCUT2D eigenvalue weighted by Crippen LogP contribution is -2.69. The van der Waals surface area contributed by atoms with E-state index < -0.39 is 38.6 Å². The molecular formula is C10H15NO5S. The third-order valence-electron chi connectivity index (χ3n) is 3.70. The lowest BCUT2D eigenvalue weighted by atomic mass is 10.1. The predicted octanol–water partition coefficient (Wildman–Crippen LogP) is 0.190. The Kier molecular flexibility index (Phi) is 2.50. The molecule has 0 aromatic rings. The van der Waals surface area contributed by atoms with Crippen molar-refractivity contribution in [2.45, 2.75) is 43.9 Å².